The predicted octanol–water partition coefficient (Wildman–Crippen LogP) is 1.13. The lowest BCUT2D eigenvalue weighted by Gasteiger charge is -2.13. The van der Waals surface area contributed by atoms with Gasteiger partial charge in [0.2, 0.25) is 5.91 Å². The van der Waals surface area contributed by atoms with E-state index in [1.165, 1.54) is 19.1 Å². The highest BCUT2D eigenvalue weighted by molar-refractivity contribution is 5.81. The molecule has 0 aliphatic rings. The highest BCUT2D eigenvalue weighted by Crippen LogP contribution is 2.22. The fourth-order valence-corrected chi connectivity index (χ4v) is 1.67. The second-order valence-corrected chi connectivity index (χ2v) is 4.63. The minimum absolute atomic E-state index is 0.0390. The zero-order chi connectivity index (χ0) is 17.5. The van der Waals surface area contributed by atoms with Crippen LogP contribution in [0, 0.1) is 0 Å². The van der Waals surface area contributed by atoms with Crippen LogP contribution >= 0.6 is 0 Å². The summed E-state index contributed by atoms with van der Waals surface area (Å²) >= 11 is 0. The molecule has 0 saturated carbocycles. The molecule has 1 rings (SSSR count). The largest absolute Gasteiger partial charge is 0.573 e. The Bertz CT molecular complexity index is 532. The Balaban J connectivity index is 2.42. The number of hydrogen-bond donors (Lipinski definition) is 2. The Labute approximate surface area is 130 Å². The van der Waals surface area contributed by atoms with Crippen molar-refractivity contribution in [3.05, 3.63) is 29.8 Å². The molecule has 0 radical (unpaired) electrons. The van der Waals surface area contributed by atoms with Crippen LogP contribution in [0.1, 0.15) is 12.5 Å². The first kappa shape index (κ1) is 18.8. The smallest absolute Gasteiger partial charge is 0.464 e. The van der Waals surface area contributed by atoms with Gasteiger partial charge < -0.3 is 20.5 Å². The van der Waals surface area contributed by atoms with Crippen molar-refractivity contribution in [1.29, 1.82) is 0 Å². The number of amides is 1. The van der Waals surface area contributed by atoms with Crippen LogP contribution in [0.3, 0.4) is 0 Å². The molecule has 23 heavy (non-hydrogen) atoms. The van der Waals surface area contributed by atoms with Crippen LogP contribution in [-0.4, -0.2) is 37.4 Å². The Morgan fingerprint density at radius 2 is 1.87 bits per heavy atom. The molecule has 1 aromatic carbocycles. The first-order chi connectivity index (χ1) is 10.7. The van der Waals surface area contributed by atoms with Gasteiger partial charge in [-0.1, -0.05) is 12.1 Å². The van der Waals surface area contributed by atoms with Crippen LogP contribution in [0.15, 0.2) is 24.3 Å². The van der Waals surface area contributed by atoms with E-state index in [4.69, 9.17) is 5.73 Å². The molecule has 0 aliphatic carbocycles. The molecule has 128 valence electrons. The maximum atomic E-state index is 12.0. The van der Waals surface area contributed by atoms with Gasteiger partial charge in [0.1, 0.15) is 12.4 Å². The molecule has 0 aromatic heterocycles. The number of carbonyl (C=O) groups is 2. The minimum Gasteiger partial charge on any atom is -0.464 e. The monoisotopic (exact) mass is 334 g/mol. The second kappa shape index (κ2) is 8.37. The van der Waals surface area contributed by atoms with Gasteiger partial charge in [-0.2, -0.15) is 0 Å². The standard InChI is InChI=1S/C14H17F3N2O4/c1-9(20)22-7-6-19-13(21)12(18)8-10-2-4-11(5-3-10)23-14(15,16)17/h2-5,12H,6-8,18H2,1H3,(H,19,21). The maximum absolute atomic E-state index is 12.0. The van der Waals surface area contributed by atoms with E-state index in [-0.39, 0.29) is 25.3 Å². The molecular weight excluding hydrogens is 317 g/mol. The van der Waals surface area contributed by atoms with Crippen molar-refractivity contribution in [2.45, 2.75) is 25.7 Å². The maximum Gasteiger partial charge on any atom is 0.573 e. The number of halogens is 3. The summed E-state index contributed by atoms with van der Waals surface area (Å²) < 4.78 is 44.5. The first-order valence-corrected chi connectivity index (χ1v) is 6.68. The Hall–Kier alpha value is -2.29. The van der Waals surface area contributed by atoms with Crippen LogP contribution < -0.4 is 15.8 Å². The van der Waals surface area contributed by atoms with Crippen LogP contribution in [0.2, 0.25) is 0 Å². The molecule has 0 bridgehead atoms. The Kier molecular flexibility index (Phi) is 6.83. The molecule has 6 nitrogen and oxygen atoms in total. The number of alkyl halides is 3. The predicted molar refractivity (Wildman–Crippen MR) is 74.4 cm³/mol. The second-order valence-electron chi connectivity index (χ2n) is 4.63. The normalized spacial score (nSPS) is 12.4. The molecule has 1 unspecified atom stereocenters. The summed E-state index contributed by atoms with van der Waals surface area (Å²) in [6.45, 7) is 1.42. The average Bonchev–Trinajstić information content (AvgIpc) is 2.43. The van der Waals surface area contributed by atoms with Crippen LogP contribution in [-0.2, 0) is 20.7 Å². The van der Waals surface area contributed by atoms with Gasteiger partial charge in [0.25, 0.3) is 0 Å². The lowest BCUT2D eigenvalue weighted by molar-refractivity contribution is -0.274. The molecule has 0 fully saturated rings. The molecule has 3 N–H and O–H groups in total. The number of nitrogens with one attached hydrogen (secondary N) is 1. The third kappa shape index (κ3) is 8.05. The molecular formula is C14H17F3N2O4. The van der Waals surface area contributed by atoms with Gasteiger partial charge in [-0.15, -0.1) is 13.2 Å². The molecule has 1 amide bonds. The van der Waals surface area contributed by atoms with Gasteiger partial charge in [-0.05, 0) is 24.1 Å². The van der Waals surface area contributed by atoms with Gasteiger partial charge in [0.15, 0.2) is 0 Å². The Morgan fingerprint density at radius 1 is 1.26 bits per heavy atom. The van der Waals surface area contributed by atoms with E-state index in [0.29, 0.717) is 5.56 Å². The van der Waals surface area contributed by atoms with E-state index in [0.717, 1.165) is 12.1 Å². The van der Waals surface area contributed by atoms with Crippen molar-refractivity contribution in [3.8, 4) is 5.75 Å². The number of rotatable bonds is 7. The van der Waals surface area contributed by atoms with Crippen LogP contribution in [0.4, 0.5) is 13.2 Å². The Morgan fingerprint density at radius 3 is 2.39 bits per heavy atom. The van der Waals surface area contributed by atoms with Crippen molar-refractivity contribution in [2.24, 2.45) is 5.73 Å². The van der Waals surface area contributed by atoms with Crippen molar-refractivity contribution in [3.63, 3.8) is 0 Å². The molecule has 0 aliphatic heterocycles. The van der Waals surface area contributed by atoms with Crippen molar-refractivity contribution >= 4 is 11.9 Å². The fraction of sp³-hybridized carbons (Fsp3) is 0.429. The van der Waals surface area contributed by atoms with Crippen molar-refractivity contribution < 1.29 is 32.2 Å². The number of benzene rings is 1. The van der Waals surface area contributed by atoms with E-state index < -0.39 is 24.3 Å². The van der Waals surface area contributed by atoms with E-state index in [9.17, 15) is 22.8 Å². The minimum atomic E-state index is -4.75. The summed E-state index contributed by atoms with van der Waals surface area (Å²) in [7, 11) is 0. The average molecular weight is 334 g/mol. The molecule has 0 heterocycles. The lowest BCUT2D eigenvalue weighted by atomic mass is 10.1. The molecule has 0 spiro atoms. The van der Waals surface area contributed by atoms with Crippen molar-refractivity contribution in [1.82, 2.24) is 5.32 Å². The van der Waals surface area contributed by atoms with Gasteiger partial charge in [-0.25, -0.2) is 0 Å². The number of esters is 1. The van der Waals surface area contributed by atoms with Gasteiger partial charge in [0, 0.05) is 6.92 Å². The van der Waals surface area contributed by atoms with Crippen LogP contribution in [0.25, 0.3) is 0 Å². The summed E-state index contributed by atoms with van der Waals surface area (Å²) in [5, 5.41) is 2.49. The number of hydrogen-bond acceptors (Lipinski definition) is 5. The summed E-state index contributed by atoms with van der Waals surface area (Å²) in [5.41, 5.74) is 6.29. The van der Waals surface area contributed by atoms with E-state index >= 15 is 0 Å². The molecule has 1 aromatic rings. The van der Waals surface area contributed by atoms with Gasteiger partial charge >= 0.3 is 12.3 Å². The highest BCUT2D eigenvalue weighted by atomic mass is 19.4. The lowest BCUT2D eigenvalue weighted by Crippen LogP contribution is -2.43. The number of carbonyl (C=O) groups excluding carboxylic acids is 2. The first-order valence-electron chi connectivity index (χ1n) is 6.68. The third-order valence-electron chi connectivity index (χ3n) is 2.66. The molecule has 0 saturated heterocycles. The zero-order valence-electron chi connectivity index (χ0n) is 12.4. The topological polar surface area (TPSA) is 90.7 Å². The van der Waals surface area contributed by atoms with E-state index in [1.807, 2.05) is 0 Å². The van der Waals surface area contributed by atoms with Crippen molar-refractivity contribution in [2.75, 3.05) is 13.2 Å². The summed E-state index contributed by atoms with van der Waals surface area (Å²) in [6, 6.07) is 4.21. The fourth-order valence-electron chi connectivity index (χ4n) is 1.67. The van der Waals surface area contributed by atoms with Gasteiger partial charge in [0.05, 0.1) is 12.6 Å². The molecule has 1 atom stereocenters. The highest BCUT2D eigenvalue weighted by Gasteiger charge is 2.31. The zero-order valence-corrected chi connectivity index (χ0v) is 12.4. The number of nitrogens with two attached hydrogens (primary N) is 1. The quantitative estimate of drug-likeness (QED) is 0.576. The number of ether oxygens (including phenoxy) is 2. The van der Waals surface area contributed by atoms with E-state index in [1.54, 1.807) is 0 Å². The van der Waals surface area contributed by atoms with Crippen LogP contribution in [0.5, 0.6) is 5.75 Å². The summed E-state index contributed by atoms with van der Waals surface area (Å²) in [4.78, 5) is 22.2. The summed E-state index contributed by atoms with van der Waals surface area (Å²) in [5.74, 6) is -1.25. The SMILES string of the molecule is CC(=O)OCCNC(=O)C(N)Cc1ccc(OC(F)(F)F)cc1. The van der Waals surface area contributed by atoms with Gasteiger partial charge in [-0.3, -0.25) is 9.59 Å². The molecule has 9 heteroatoms. The van der Waals surface area contributed by atoms with E-state index in [2.05, 4.69) is 14.8 Å². The third-order valence-corrected chi connectivity index (χ3v) is 2.66. The summed E-state index contributed by atoms with van der Waals surface area (Å²) in [6.07, 6.45) is -4.61.